The van der Waals surface area contributed by atoms with Gasteiger partial charge in [-0.1, -0.05) is 6.92 Å². The lowest BCUT2D eigenvalue weighted by atomic mass is 10.2. The highest BCUT2D eigenvalue weighted by molar-refractivity contribution is 4.74. The van der Waals surface area contributed by atoms with Gasteiger partial charge in [0.15, 0.2) is 0 Å². The second kappa shape index (κ2) is 6.38. The second-order valence-corrected chi connectivity index (χ2v) is 4.18. The Balaban J connectivity index is 2.19. The first kappa shape index (κ1) is 12.0. The van der Waals surface area contributed by atoms with Crippen molar-refractivity contribution in [1.29, 1.82) is 0 Å². The zero-order valence-corrected chi connectivity index (χ0v) is 9.54. The van der Waals surface area contributed by atoms with Crippen molar-refractivity contribution in [2.75, 3.05) is 26.2 Å². The van der Waals surface area contributed by atoms with Gasteiger partial charge in [-0.2, -0.15) is 0 Å². The van der Waals surface area contributed by atoms with Crippen LogP contribution in [0.15, 0.2) is 0 Å². The maximum atomic E-state index is 5.80. The van der Waals surface area contributed by atoms with E-state index in [-0.39, 0.29) is 0 Å². The van der Waals surface area contributed by atoms with Crippen molar-refractivity contribution in [3.05, 3.63) is 0 Å². The molecule has 2 unspecified atom stereocenters. The molecule has 0 aromatic heterocycles. The van der Waals surface area contributed by atoms with E-state index in [1.165, 1.54) is 12.8 Å². The number of hydrogen-bond donors (Lipinski definition) is 1. The summed E-state index contributed by atoms with van der Waals surface area (Å²) in [5.41, 5.74) is 5.50. The number of ether oxygens (including phenoxy) is 1. The van der Waals surface area contributed by atoms with Crippen molar-refractivity contribution < 1.29 is 4.74 Å². The zero-order chi connectivity index (χ0) is 10.4. The molecule has 1 fully saturated rings. The molecule has 1 rings (SSSR count). The summed E-state index contributed by atoms with van der Waals surface area (Å²) < 4.78 is 5.80. The van der Waals surface area contributed by atoms with E-state index in [1.807, 2.05) is 0 Å². The van der Waals surface area contributed by atoms with E-state index in [4.69, 9.17) is 10.5 Å². The number of likely N-dealkylation sites (N-methyl/N-ethyl adjacent to an activating group) is 1. The average Bonchev–Trinajstić information content (AvgIpc) is 2.58. The molecule has 3 heteroatoms. The summed E-state index contributed by atoms with van der Waals surface area (Å²) in [6.45, 7) is 8.46. The standard InChI is InChI=1S/C11H24N2O/c1-3-13(8-4-7-12)9-11-6-5-10(2)14-11/h10-11H,3-9,12H2,1-2H3. The van der Waals surface area contributed by atoms with E-state index in [1.54, 1.807) is 0 Å². The molecule has 0 aliphatic carbocycles. The molecule has 1 heterocycles. The van der Waals surface area contributed by atoms with Gasteiger partial charge in [-0.3, -0.25) is 0 Å². The topological polar surface area (TPSA) is 38.5 Å². The van der Waals surface area contributed by atoms with Crippen molar-refractivity contribution in [1.82, 2.24) is 4.90 Å². The second-order valence-electron chi connectivity index (χ2n) is 4.18. The molecule has 2 atom stereocenters. The molecule has 84 valence electrons. The van der Waals surface area contributed by atoms with Gasteiger partial charge in [0, 0.05) is 6.54 Å². The Morgan fingerprint density at radius 1 is 1.43 bits per heavy atom. The SMILES string of the molecule is CCN(CCCN)CC1CCC(C)O1. The lowest BCUT2D eigenvalue weighted by Crippen LogP contribution is -2.34. The van der Waals surface area contributed by atoms with Gasteiger partial charge in [0.2, 0.25) is 0 Å². The van der Waals surface area contributed by atoms with Crippen LogP contribution < -0.4 is 5.73 Å². The van der Waals surface area contributed by atoms with Crippen molar-refractivity contribution in [3.63, 3.8) is 0 Å². The van der Waals surface area contributed by atoms with Crippen LogP contribution in [0.2, 0.25) is 0 Å². The molecule has 0 radical (unpaired) electrons. The summed E-state index contributed by atoms with van der Waals surface area (Å²) in [4.78, 5) is 2.44. The molecular formula is C11H24N2O. The van der Waals surface area contributed by atoms with Crippen LogP contribution in [0.4, 0.5) is 0 Å². The van der Waals surface area contributed by atoms with E-state index >= 15 is 0 Å². The molecule has 0 saturated carbocycles. The Hall–Kier alpha value is -0.120. The largest absolute Gasteiger partial charge is 0.374 e. The van der Waals surface area contributed by atoms with Crippen LogP contribution in [0.25, 0.3) is 0 Å². The Morgan fingerprint density at radius 3 is 2.71 bits per heavy atom. The van der Waals surface area contributed by atoms with Crippen molar-refractivity contribution in [3.8, 4) is 0 Å². The minimum absolute atomic E-state index is 0.461. The third-order valence-corrected chi connectivity index (χ3v) is 2.91. The summed E-state index contributed by atoms with van der Waals surface area (Å²) in [5.74, 6) is 0. The summed E-state index contributed by atoms with van der Waals surface area (Å²) in [6, 6.07) is 0. The highest BCUT2D eigenvalue weighted by Crippen LogP contribution is 2.19. The lowest BCUT2D eigenvalue weighted by Gasteiger charge is -2.23. The van der Waals surface area contributed by atoms with Gasteiger partial charge < -0.3 is 15.4 Å². The van der Waals surface area contributed by atoms with Crippen LogP contribution in [0.1, 0.15) is 33.1 Å². The number of nitrogens with zero attached hydrogens (tertiary/aromatic N) is 1. The number of nitrogens with two attached hydrogens (primary N) is 1. The fourth-order valence-corrected chi connectivity index (χ4v) is 2.00. The van der Waals surface area contributed by atoms with Crippen LogP contribution in [0, 0.1) is 0 Å². The Labute approximate surface area is 87.6 Å². The van der Waals surface area contributed by atoms with Gasteiger partial charge >= 0.3 is 0 Å². The first-order valence-corrected chi connectivity index (χ1v) is 5.84. The van der Waals surface area contributed by atoms with Crippen LogP contribution in [0.3, 0.4) is 0 Å². The van der Waals surface area contributed by atoms with Crippen LogP contribution in [0.5, 0.6) is 0 Å². The summed E-state index contributed by atoms with van der Waals surface area (Å²) in [6.07, 6.45) is 4.46. The molecular weight excluding hydrogens is 176 g/mol. The van der Waals surface area contributed by atoms with Crippen molar-refractivity contribution in [2.24, 2.45) is 5.73 Å². The van der Waals surface area contributed by atoms with Gasteiger partial charge in [0.1, 0.15) is 0 Å². The average molecular weight is 200 g/mol. The van der Waals surface area contributed by atoms with Crippen LogP contribution in [-0.2, 0) is 4.74 Å². The zero-order valence-electron chi connectivity index (χ0n) is 9.54. The normalized spacial score (nSPS) is 27.4. The van der Waals surface area contributed by atoms with Crippen LogP contribution >= 0.6 is 0 Å². The maximum Gasteiger partial charge on any atom is 0.0706 e. The van der Waals surface area contributed by atoms with Crippen molar-refractivity contribution in [2.45, 2.75) is 45.3 Å². The molecule has 0 aromatic rings. The molecule has 2 N–H and O–H groups in total. The monoisotopic (exact) mass is 200 g/mol. The van der Waals surface area contributed by atoms with Crippen molar-refractivity contribution >= 4 is 0 Å². The molecule has 3 nitrogen and oxygen atoms in total. The fraction of sp³-hybridized carbons (Fsp3) is 1.00. The minimum atomic E-state index is 0.461. The quantitative estimate of drug-likeness (QED) is 0.701. The molecule has 1 aliphatic rings. The molecule has 0 amide bonds. The first-order valence-electron chi connectivity index (χ1n) is 5.84. The fourth-order valence-electron chi connectivity index (χ4n) is 2.00. The van der Waals surface area contributed by atoms with Crippen LogP contribution in [-0.4, -0.2) is 43.3 Å². The Morgan fingerprint density at radius 2 is 2.21 bits per heavy atom. The number of hydrogen-bond acceptors (Lipinski definition) is 3. The molecule has 0 bridgehead atoms. The summed E-state index contributed by atoms with van der Waals surface area (Å²) in [7, 11) is 0. The summed E-state index contributed by atoms with van der Waals surface area (Å²) in [5, 5.41) is 0. The molecule has 14 heavy (non-hydrogen) atoms. The highest BCUT2D eigenvalue weighted by Gasteiger charge is 2.23. The maximum absolute atomic E-state index is 5.80. The van der Waals surface area contributed by atoms with E-state index in [9.17, 15) is 0 Å². The minimum Gasteiger partial charge on any atom is -0.374 e. The Kier molecular flexibility index (Phi) is 5.45. The summed E-state index contributed by atoms with van der Waals surface area (Å²) >= 11 is 0. The molecule has 1 aliphatic heterocycles. The Bertz CT molecular complexity index is 152. The van der Waals surface area contributed by atoms with E-state index in [0.717, 1.165) is 32.6 Å². The highest BCUT2D eigenvalue weighted by atomic mass is 16.5. The first-order chi connectivity index (χ1) is 6.76. The van der Waals surface area contributed by atoms with Gasteiger partial charge in [-0.05, 0) is 45.8 Å². The third-order valence-electron chi connectivity index (χ3n) is 2.91. The molecule has 1 saturated heterocycles. The molecule has 0 spiro atoms. The number of rotatable bonds is 6. The smallest absolute Gasteiger partial charge is 0.0706 e. The van der Waals surface area contributed by atoms with Gasteiger partial charge in [-0.25, -0.2) is 0 Å². The van der Waals surface area contributed by atoms with Gasteiger partial charge in [-0.15, -0.1) is 0 Å². The third kappa shape index (κ3) is 3.95. The van der Waals surface area contributed by atoms with Gasteiger partial charge in [0.25, 0.3) is 0 Å². The lowest BCUT2D eigenvalue weighted by molar-refractivity contribution is 0.0324. The predicted octanol–water partition coefficient (Wildman–Crippen LogP) is 1.22. The molecule has 0 aromatic carbocycles. The van der Waals surface area contributed by atoms with E-state index in [2.05, 4.69) is 18.7 Å². The van der Waals surface area contributed by atoms with Gasteiger partial charge in [0.05, 0.1) is 12.2 Å². The predicted molar refractivity (Wildman–Crippen MR) is 59.4 cm³/mol. The van der Waals surface area contributed by atoms with E-state index in [0.29, 0.717) is 12.2 Å². The van der Waals surface area contributed by atoms with E-state index < -0.39 is 0 Å².